The van der Waals surface area contributed by atoms with Crippen molar-refractivity contribution in [2.45, 2.75) is 12.3 Å². The van der Waals surface area contributed by atoms with Gasteiger partial charge in [0.1, 0.15) is 29.3 Å². The largest absolute Gasteiger partial charge is 0.456 e. The smallest absolute Gasteiger partial charge is 0.135 e. The minimum Gasteiger partial charge on any atom is -0.456 e. The Balaban J connectivity index is 1.30. The molecule has 210 valence electrons. The zero-order valence-electron chi connectivity index (χ0n) is 23.7. The van der Waals surface area contributed by atoms with Gasteiger partial charge in [-0.2, -0.15) is 0 Å². The molecule has 0 fully saturated rings. The first-order valence-corrected chi connectivity index (χ1v) is 15.7. The molecule has 0 spiro atoms. The van der Waals surface area contributed by atoms with Gasteiger partial charge in [-0.1, -0.05) is 109 Å². The van der Waals surface area contributed by atoms with E-state index >= 15 is 0 Å². The maximum absolute atomic E-state index is 6.43. The molecule has 1 aliphatic rings. The van der Waals surface area contributed by atoms with E-state index in [1.54, 1.807) is 0 Å². The highest BCUT2D eigenvalue weighted by atomic mass is 32.1. The number of thiophene rings is 1. The molecule has 3 heterocycles. The summed E-state index contributed by atoms with van der Waals surface area (Å²) in [5.41, 5.74) is 7.40. The number of nitrogens with one attached hydrogen (secondary N) is 2. The molecule has 0 radical (unpaired) electrons. The van der Waals surface area contributed by atoms with Crippen molar-refractivity contribution in [2.75, 3.05) is 0 Å². The monoisotopic (exact) mass is 585 g/mol. The molecule has 8 aromatic rings. The third-order valence-electron chi connectivity index (χ3n) is 8.59. The molecule has 1 aliphatic heterocycles. The average Bonchev–Trinajstić information content (AvgIpc) is 3.66. The second-order valence-electron chi connectivity index (χ2n) is 11.2. The lowest BCUT2D eigenvalue weighted by Crippen LogP contribution is -2.45. The van der Waals surface area contributed by atoms with E-state index in [1.165, 1.54) is 25.7 Å². The quantitative estimate of drug-likeness (QED) is 0.216. The SMILES string of the molecule is c1ccc(C2=NC(c3ccccc3)NC(c3c(-c4ccc5sc6ccccc6c5c4)ccc4oc5ccccc5c34)N2)cc1. The van der Waals surface area contributed by atoms with E-state index in [4.69, 9.17) is 9.41 Å². The molecular formula is C39H27N3OS. The molecule has 9 rings (SSSR count). The summed E-state index contributed by atoms with van der Waals surface area (Å²) >= 11 is 1.84. The molecule has 2 N–H and O–H groups in total. The maximum atomic E-state index is 6.43. The second-order valence-corrected chi connectivity index (χ2v) is 12.3. The van der Waals surface area contributed by atoms with Gasteiger partial charge < -0.3 is 9.73 Å². The predicted octanol–water partition coefficient (Wildman–Crippen LogP) is 9.96. The summed E-state index contributed by atoms with van der Waals surface area (Å²) in [5, 5.41) is 12.5. The van der Waals surface area contributed by atoms with Crippen molar-refractivity contribution in [1.82, 2.24) is 10.6 Å². The van der Waals surface area contributed by atoms with Crippen LogP contribution in [0.15, 0.2) is 149 Å². The van der Waals surface area contributed by atoms with E-state index in [-0.39, 0.29) is 12.3 Å². The fraction of sp³-hybridized carbons (Fsp3) is 0.0513. The summed E-state index contributed by atoms with van der Waals surface area (Å²) in [6, 6.07) is 49.1. The van der Waals surface area contributed by atoms with Crippen LogP contribution < -0.4 is 10.6 Å². The van der Waals surface area contributed by atoms with Gasteiger partial charge in [0.15, 0.2) is 0 Å². The van der Waals surface area contributed by atoms with E-state index in [0.29, 0.717) is 0 Å². The molecule has 0 aliphatic carbocycles. The van der Waals surface area contributed by atoms with Gasteiger partial charge in [-0.25, -0.2) is 4.99 Å². The number of aliphatic imine (C=N–C) groups is 1. The minimum absolute atomic E-state index is 0.234. The van der Waals surface area contributed by atoms with Crippen LogP contribution in [0.25, 0.3) is 53.2 Å². The van der Waals surface area contributed by atoms with Gasteiger partial charge in [0.05, 0.1) is 0 Å². The van der Waals surface area contributed by atoms with Crippen molar-refractivity contribution in [1.29, 1.82) is 0 Å². The Hall–Kier alpha value is -5.23. The first kappa shape index (κ1) is 25.3. The number of furan rings is 1. The van der Waals surface area contributed by atoms with Crippen molar-refractivity contribution in [2.24, 2.45) is 4.99 Å². The number of fused-ring (bicyclic) bond motifs is 6. The molecule has 44 heavy (non-hydrogen) atoms. The number of benzene rings is 6. The highest BCUT2D eigenvalue weighted by Gasteiger charge is 2.30. The van der Waals surface area contributed by atoms with Crippen molar-refractivity contribution in [3.63, 3.8) is 0 Å². The predicted molar refractivity (Wildman–Crippen MR) is 183 cm³/mol. The highest BCUT2D eigenvalue weighted by molar-refractivity contribution is 7.25. The molecule has 2 aromatic heterocycles. The van der Waals surface area contributed by atoms with Crippen LogP contribution in [-0.4, -0.2) is 5.84 Å². The summed E-state index contributed by atoms with van der Waals surface area (Å²) in [7, 11) is 0. The van der Waals surface area contributed by atoms with Crippen LogP contribution in [-0.2, 0) is 0 Å². The Labute approximate surface area is 258 Å². The van der Waals surface area contributed by atoms with E-state index in [0.717, 1.165) is 50.0 Å². The van der Waals surface area contributed by atoms with Gasteiger partial charge in [0.2, 0.25) is 0 Å². The summed E-state index contributed by atoms with van der Waals surface area (Å²) < 4.78 is 9.03. The van der Waals surface area contributed by atoms with Gasteiger partial charge in [-0.15, -0.1) is 11.3 Å². The number of hydrogen-bond acceptors (Lipinski definition) is 5. The highest BCUT2D eigenvalue weighted by Crippen LogP contribution is 2.43. The Morgan fingerprint density at radius 2 is 1.32 bits per heavy atom. The molecule has 2 unspecified atom stereocenters. The molecule has 0 bridgehead atoms. The third kappa shape index (κ3) is 4.13. The van der Waals surface area contributed by atoms with Gasteiger partial charge in [0, 0.05) is 42.1 Å². The van der Waals surface area contributed by atoms with Crippen LogP contribution in [0.2, 0.25) is 0 Å². The molecule has 5 heteroatoms. The zero-order chi connectivity index (χ0) is 29.0. The molecule has 0 saturated heterocycles. The number of para-hydroxylation sites is 1. The van der Waals surface area contributed by atoms with Crippen LogP contribution in [0.4, 0.5) is 0 Å². The average molecular weight is 586 g/mol. The van der Waals surface area contributed by atoms with Crippen LogP contribution in [0.3, 0.4) is 0 Å². The molecule has 2 atom stereocenters. The van der Waals surface area contributed by atoms with Crippen LogP contribution in [0.1, 0.15) is 29.0 Å². The molecular weight excluding hydrogens is 559 g/mol. The van der Waals surface area contributed by atoms with Crippen molar-refractivity contribution >= 4 is 59.3 Å². The summed E-state index contributed by atoms with van der Waals surface area (Å²) in [6.07, 6.45) is -0.482. The normalized spacial score (nSPS) is 16.9. The van der Waals surface area contributed by atoms with Gasteiger partial charge in [-0.05, 0) is 47.0 Å². The zero-order valence-corrected chi connectivity index (χ0v) is 24.5. The number of rotatable bonds is 4. The number of nitrogens with zero attached hydrogens (tertiary/aromatic N) is 1. The first-order valence-electron chi connectivity index (χ1n) is 14.9. The van der Waals surface area contributed by atoms with Crippen molar-refractivity contribution < 1.29 is 4.42 Å². The van der Waals surface area contributed by atoms with E-state index in [9.17, 15) is 0 Å². The Morgan fingerprint density at radius 3 is 2.18 bits per heavy atom. The molecule has 0 saturated carbocycles. The van der Waals surface area contributed by atoms with E-state index in [2.05, 4.69) is 126 Å². The van der Waals surface area contributed by atoms with Gasteiger partial charge in [0.25, 0.3) is 0 Å². The number of amidine groups is 1. The Kier molecular flexibility index (Phi) is 5.86. The topological polar surface area (TPSA) is 49.6 Å². The van der Waals surface area contributed by atoms with Crippen LogP contribution >= 0.6 is 11.3 Å². The lowest BCUT2D eigenvalue weighted by atomic mass is 9.91. The fourth-order valence-corrected chi connectivity index (χ4v) is 7.63. The number of hydrogen-bond donors (Lipinski definition) is 2. The lowest BCUT2D eigenvalue weighted by molar-refractivity contribution is 0.411. The fourth-order valence-electron chi connectivity index (χ4n) is 6.54. The van der Waals surface area contributed by atoms with E-state index < -0.39 is 0 Å². The lowest BCUT2D eigenvalue weighted by Gasteiger charge is -2.33. The Bertz CT molecular complexity index is 2350. The molecule has 6 aromatic carbocycles. The molecule has 4 nitrogen and oxygen atoms in total. The Morgan fingerprint density at radius 1 is 0.591 bits per heavy atom. The third-order valence-corrected chi connectivity index (χ3v) is 9.74. The van der Waals surface area contributed by atoms with Crippen molar-refractivity contribution in [3.05, 3.63) is 156 Å². The van der Waals surface area contributed by atoms with Crippen LogP contribution in [0, 0.1) is 0 Å². The van der Waals surface area contributed by atoms with Crippen LogP contribution in [0.5, 0.6) is 0 Å². The second kappa shape index (κ2) is 10.2. The maximum Gasteiger partial charge on any atom is 0.135 e. The molecule has 0 amide bonds. The van der Waals surface area contributed by atoms with Gasteiger partial charge in [-0.3, -0.25) is 5.32 Å². The minimum atomic E-state index is -0.248. The summed E-state index contributed by atoms with van der Waals surface area (Å²) in [4.78, 5) is 5.17. The van der Waals surface area contributed by atoms with Gasteiger partial charge >= 0.3 is 0 Å². The standard InChI is InChI=1S/C39H27N3OS/c1-3-11-24(12-4-1)37-40-38(25-13-5-2-6-14-25)42-39(41-37)36-27(20-21-32-35(36)29-16-7-9-17-31(29)43-32)26-19-22-34-30(23-26)28-15-8-10-18-33(28)44-34/h1-23,37,39,41H,(H,40,42). The van der Waals surface area contributed by atoms with Crippen molar-refractivity contribution in [3.8, 4) is 11.1 Å². The van der Waals surface area contributed by atoms with E-state index in [1.807, 2.05) is 35.6 Å². The summed E-state index contributed by atoms with van der Waals surface area (Å²) in [6.45, 7) is 0. The summed E-state index contributed by atoms with van der Waals surface area (Å²) in [5.74, 6) is 0.859. The first-order chi connectivity index (χ1) is 21.8.